The number of hydrogen-bond acceptors (Lipinski definition) is 8. The summed E-state index contributed by atoms with van der Waals surface area (Å²) in [5.41, 5.74) is 0.192. The summed E-state index contributed by atoms with van der Waals surface area (Å²) in [5.74, 6) is -1.93. The van der Waals surface area contributed by atoms with Crippen LogP contribution in [-0.2, 0) is 15.1 Å². The Kier molecular flexibility index (Phi) is 5.29. The van der Waals surface area contributed by atoms with Crippen molar-refractivity contribution in [2.45, 2.75) is 32.7 Å². The fraction of sp³-hybridized carbons (Fsp3) is 0.250. The average Bonchev–Trinajstić information content (AvgIpc) is 3.49. The number of carbonyl (C=O) groups excluding carboxylic acids is 3. The Morgan fingerprint density at radius 3 is 2.63 bits per heavy atom. The zero-order valence-electron chi connectivity index (χ0n) is 21.2. The van der Waals surface area contributed by atoms with E-state index in [1.807, 2.05) is 19.9 Å². The third-order valence-electron chi connectivity index (χ3n) is 7.07. The molecule has 10 heteroatoms. The molecule has 0 bridgehead atoms. The van der Waals surface area contributed by atoms with Crippen molar-refractivity contribution in [3.8, 4) is 0 Å². The molecule has 2 aromatic heterocycles. The number of methoxy groups -OCH3 is 1. The summed E-state index contributed by atoms with van der Waals surface area (Å²) in [7, 11) is 1.26. The van der Waals surface area contributed by atoms with Crippen molar-refractivity contribution in [1.82, 2.24) is 4.98 Å². The molecule has 1 unspecified atom stereocenters. The second kappa shape index (κ2) is 8.35. The van der Waals surface area contributed by atoms with Crippen molar-refractivity contribution in [2.75, 3.05) is 23.5 Å². The molecule has 0 saturated carbocycles. The van der Waals surface area contributed by atoms with E-state index in [0.717, 1.165) is 16.9 Å². The van der Waals surface area contributed by atoms with Crippen LogP contribution in [0.4, 0.5) is 10.8 Å². The quantitative estimate of drug-likeness (QED) is 0.362. The number of para-hydroxylation sites is 1. The number of amides is 2. The van der Waals surface area contributed by atoms with E-state index >= 15 is 0 Å². The SMILES string of the molecule is CCCN1C(=O)C2(c3ccccc31)c1c(oc3ccc(C)cc3c1=O)C(=O)N2c1nc(C)c(C(=O)OC)s1. The third kappa shape index (κ3) is 2.94. The summed E-state index contributed by atoms with van der Waals surface area (Å²) < 4.78 is 11.0. The van der Waals surface area contributed by atoms with Gasteiger partial charge in [0.2, 0.25) is 5.76 Å². The van der Waals surface area contributed by atoms with Gasteiger partial charge in [-0.25, -0.2) is 9.78 Å². The lowest BCUT2D eigenvalue weighted by atomic mass is 9.84. The monoisotopic (exact) mass is 529 g/mol. The van der Waals surface area contributed by atoms with E-state index in [9.17, 15) is 19.2 Å². The van der Waals surface area contributed by atoms with E-state index in [4.69, 9.17) is 9.15 Å². The number of aromatic nitrogens is 1. The van der Waals surface area contributed by atoms with Gasteiger partial charge in [-0.1, -0.05) is 48.1 Å². The van der Waals surface area contributed by atoms with E-state index in [0.29, 0.717) is 29.9 Å². The predicted octanol–water partition coefficient (Wildman–Crippen LogP) is 4.31. The molecule has 0 fully saturated rings. The van der Waals surface area contributed by atoms with E-state index in [-0.39, 0.29) is 32.3 Å². The predicted molar refractivity (Wildman–Crippen MR) is 142 cm³/mol. The lowest BCUT2D eigenvalue weighted by Crippen LogP contribution is -2.53. The van der Waals surface area contributed by atoms with Gasteiger partial charge in [0.15, 0.2) is 16.1 Å². The maximum absolute atomic E-state index is 14.5. The van der Waals surface area contributed by atoms with Crippen LogP contribution in [0.1, 0.15) is 56.0 Å². The maximum atomic E-state index is 14.5. The average molecular weight is 530 g/mol. The van der Waals surface area contributed by atoms with Gasteiger partial charge in [-0.05, 0) is 38.5 Å². The summed E-state index contributed by atoms with van der Waals surface area (Å²) in [5, 5.41) is 0.378. The largest absolute Gasteiger partial charge is 0.465 e. The van der Waals surface area contributed by atoms with Gasteiger partial charge in [0, 0.05) is 12.1 Å². The van der Waals surface area contributed by atoms with Gasteiger partial charge in [0.1, 0.15) is 10.5 Å². The van der Waals surface area contributed by atoms with Crippen LogP contribution < -0.4 is 15.2 Å². The molecule has 38 heavy (non-hydrogen) atoms. The van der Waals surface area contributed by atoms with Gasteiger partial charge in [0.25, 0.3) is 11.8 Å². The number of esters is 1. The number of fused-ring (bicyclic) bond motifs is 5. The first kappa shape index (κ1) is 24.1. The normalized spacial score (nSPS) is 18.0. The Labute approximate surface area is 221 Å². The summed E-state index contributed by atoms with van der Waals surface area (Å²) in [4.78, 5) is 62.9. The molecule has 9 nitrogen and oxygen atoms in total. The Morgan fingerprint density at radius 1 is 1.13 bits per heavy atom. The van der Waals surface area contributed by atoms with Crippen LogP contribution >= 0.6 is 11.3 Å². The van der Waals surface area contributed by atoms with Gasteiger partial charge in [-0.15, -0.1) is 0 Å². The Bertz CT molecular complexity index is 1760. The fourth-order valence-corrected chi connectivity index (χ4v) is 6.52. The van der Waals surface area contributed by atoms with Crippen LogP contribution in [0.2, 0.25) is 0 Å². The molecular weight excluding hydrogens is 506 g/mol. The summed E-state index contributed by atoms with van der Waals surface area (Å²) in [6.07, 6.45) is 0.658. The number of aryl methyl sites for hydroxylation is 2. The highest BCUT2D eigenvalue weighted by molar-refractivity contribution is 7.17. The van der Waals surface area contributed by atoms with Crippen molar-refractivity contribution in [3.63, 3.8) is 0 Å². The van der Waals surface area contributed by atoms with Gasteiger partial charge >= 0.3 is 5.97 Å². The number of rotatable bonds is 4. The van der Waals surface area contributed by atoms with Crippen molar-refractivity contribution >= 4 is 50.9 Å². The topological polar surface area (TPSA) is 110 Å². The minimum Gasteiger partial charge on any atom is -0.465 e. The standard InChI is InChI=1S/C28H23N3O6S/c1-5-12-30-18-9-7-6-8-17(18)28(26(30)35)20-21(32)16-13-14(2)10-11-19(16)37-22(20)24(33)31(28)27-29-15(3)23(38-27)25(34)36-4/h6-11,13H,5,12H2,1-4H3. The first-order valence-corrected chi connectivity index (χ1v) is 13.0. The van der Waals surface area contributed by atoms with Crippen LogP contribution in [0.3, 0.4) is 0 Å². The maximum Gasteiger partial charge on any atom is 0.350 e. The molecule has 0 saturated heterocycles. The summed E-state index contributed by atoms with van der Waals surface area (Å²) in [6.45, 7) is 5.81. The molecule has 0 radical (unpaired) electrons. The number of carbonyl (C=O) groups is 3. The molecule has 2 aromatic carbocycles. The van der Waals surface area contributed by atoms with E-state index in [2.05, 4.69) is 4.98 Å². The van der Waals surface area contributed by atoms with Gasteiger partial charge < -0.3 is 14.1 Å². The second-order valence-corrected chi connectivity index (χ2v) is 10.3. The molecular formula is C28H23N3O6S. The number of anilines is 2. The van der Waals surface area contributed by atoms with E-state index < -0.39 is 28.8 Å². The van der Waals surface area contributed by atoms with Crippen LogP contribution in [0.15, 0.2) is 51.7 Å². The molecule has 2 amide bonds. The molecule has 192 valence electrons. The minimum atomic E-state index is -1.84. The Morgan fingerprint density at radius 2 is 1.89 bits per heavy atom. The molecule has 0 N–H and O–H groups in total. The Balaban J connectivity index is 1.75. The molecule has 1 atom stereocenters. The lowest BCUT2D eigenvalue weighted by molar-refractivity contribution is -0.121. The van der Waals surface area contributed by atoms with Gasteiger partial charge in [0.05, 0.1) is 29.4 Å². The van der Waals surface area contributed by atoms with Crippen molar-refractivity contribution in [1.29, 1.82) is 0 Å². The van der Waals surface area contributed by atoms with Crippen LogP contribution in [0.5, 0.6) is 0 Å². The lowest BCUT2D eigenvalue weighted by Gasteiger charge is -2.32. The third-order valence-corrected chi connectivity index (χ3v) is 8.20. The highest BCUT2D eigenvalue weighted by atomic mass is 32.1. The van der Waals surface area contributed by atoms with Gasteiger partial charge in [-0.2, -0.15) is 0 Å². The minimum absolute atomic E-state index is 0.0378. The second-order valence-electron chi connectivity index (χ2n) is 9.36. The number of thiazole rings is 1. The van der Waals surface area contributed by atoms with Gasteiger partial charge in [-0.3, -0.25) is 19.3 Å². The number of benzene rings is 2. The summed E-state index contributed by atoms with van der Waals surface area (Å²) in [6, 6.07) is 12.3. The highest BCUT2D eigenvalue weighted by Gasteiger charge is 2.66. The number of nitrogens with zero attached hydrogens (tertiary/aromatic N) is 3. The van der Waals surface area contributed by atoms with Crippen molar-refractivity contribution < 1.29 is 23.5 Å². The van der Waals surface area contributed by atoms with E-state index in [1.165, 1.54) is 12.0 Å². The zero-order chi connectivity index (χ0) is 26.9. The molecule has 4 aromatic rings. The zero-order valence-corrected chi connectivity index (χ0v) is 22.0. The highest BCUT2D eigenvalue weighted by Crippen LogP contribution is 2.54. The molecule has 0 aliphatic carbocycles. The first-order chi connectivity index (χ1) is 18.2. The molecule has 2 aliphatic heterocycles. The molecule has 6 rings (SSSR count). The van der Waals surface area contributed by atoms with Crippen LogP contribution in [0, 0.1) is 13.8 Å². The van der Waals surface area contributed by atoms with Crippen molar-refractivity contribution in [2.24, 2.45) is 0 Å². The smallest absolute Gasteiger partial charge is 0.350 e. The fourth-order valence-electron chi connectivity index (χ4n) is 5.48. The molecule has 1 spiro atoms. The van der Waals surface area contributed by atoms with Crippen LogP contribution in [0.25, 0.3) is 11.0 Å². The molecule has 4 heterocycles. The number of ether oxygens (including phenoxy) is 1. The summed E-state index contributed by atoms with van der Waals surface area (Å²) >= 11 is 0.933. The van der Waals surface area contributed by atoms with Crippen LogP contribution in [-0.4, -0.2) is 36.4 Å². The Hall–Kier alpha value is -4.31. The molecule has 2 aliphatic rings. The van der Waals surface area contributed by atoms with E-state index in [1.54, 1.807) is 48.2 Å². The number of hydrogen-bond donors (Lipinski definition) is 0. The van der Waals surface area contributed by atoms with Crippen molar-refractivity contribution in [3.05, 3.63) is 85.7 Å². The first-order valence-electron chi connectivity index (χ1n) is 12.1.